The Kier molecular flexibility index (Phi) is 4.64. The topological polar surface area (TPSA) is 67.4 Å². The van der Waals surface area contributed by atoms with E-state index in [9.17, 15) is 4.79 Å². The minimum absolute atomic E-state index is 0.0931. The number of ether oxygens (including phenoxy) is 1. The van der Waals surface area contributed by atoms with Crippen LogP contribution in [-0.2, 0) is 0 Å². The lowest BCUT2D eigenvalue weighted by atomic mass is 10.1. The van der Waals surface area contributed by atoms with Gasteiger partial charge in [-0.1, -0.05) is 36.4 Å². The van der Waals surface area contributed by atoms with Gasteiger partial charge in [0.25, 0.3) is 0 Å². The first-order chi connectivity index (χ1) is 12.8. The Bertz CT molecular complexity index is 895. The van der Waals surface area contributed by atoms with E-state index >= 15 is 0 Å². The molecule has 0 radical (unpaired) electrons. The minimum atomic E-state index is -0.108. The van der Waals surface area contributed by atoms with Crippen LogP contribution in [0.2, 0.25) is 0 Å². The van der Waals surface area contributed by atoms with Crippen molar-refractivity contribution in [3.05, 3.63) is 60.9 Å². The third-order valence-electron chi connectivity index (χ3n) is 4.51. The number of benzene rings is 2. The van der Waals surface area contributed by atoms with Crippen LogP contribution < -0.4 is 10.1 Å². The number of likely N-dealkylation sites (tertiary alicyclic amines) is 1. The van der Waals surface area contributed by atoms with E-state index in [2.05, 4.69) is 15.3 Å². The summed E-state index contributed by atoms with van der Waals surface area (Å²) in [5.41, 5.74) is 0.822. The highest BCUT2D eigenvalue weighted by molar-refractivity contribution is 6.01. The Hall–Kier alpha value is -3.15. The van der Waals surface area contributed by atoms with Crippen LogP contribution in [0.15, 0.2) is 60.9 Å². The third-order valence-corrected chi connectivity index (χ3v) is 4.51. The first-order valence-corrected chi connectivity index (χ1v) is 8.77. The van der Waals surface area contributed by atoms with Gasteiger partial charge in [0, 0.05) is 24.3 Å². The summed E-state index contributed by atoms with van der Waals surface area (Å²) < 4.78 is 5.81. The highest BCUT2D eigenvalue weighted by Gasteiger charge is 2.25. The SMILES string of the molecule is O=C(Nc1cccc2ccccc12)N1CCCC(Oc2ncccn2)C1. The first kappa shape index (κ1) is 16.3. The summed E-state index contributed by atoms with van der Waals surface area (Å²) in [5.74, 6) is 0. The molecule has 1 aliphatic heterocycles. The van der Waals surface area contributed by atoms with Crippen LogP contribution in [0.5, 0.6) is 6.01 Å². The number of hydrogen-bond acceptors (Lipinski definition) is 4. The van der Waals surface area contributed by atoms with Crippen LogP contribution in [-0.4, -0.2) is 40.1 Å². The molecule has 0 bridgehead atoms. The number of piperidine rings is 1. The highest BCUT2D eigenvalue weighted by atomic mass is 16.5. The number of aromatic nitrogens is 2. The highest BCUT2D eigenvalue weighted by Crippen LogP contribution is 2.24. The van der Waals surface area contributed by atoms with E-state index in [4.69, 9.17) is 4.74 Å². The Morgan fingerprint density at radius 1 is 1.08 bits per heavy atom. The Balaban J connectivity index is 1.44. The molecule has 1 N–H and O–H groups in total. The van der Waals surface area contributed by atoms with E-state index in [1.165, 1.54) is 0 Å². The van der Waals surface area contributed by atoms with Gasteiger partial charge < -0.3 is 15.0 Å². The van der Waals surface area contributed by atoms with Crippen molar-refractivity contribution in [1.82, 2.24) is 14.9 Å². The lowest BCUT2D eigenvalue weighted by Gasteiger charge is -2.32. The van der Waals surface area contributed by atoms with Crippen molar-refractivity contribution in [3.63, 3.8) is 0 Å². The molecule has 0 spiro atoms. The van der Waals surface area contributed by atoms with Crippen molar-refractivity contribution in [1.29, 1.82) is 0 Å². The molecule has 3 aromatic rings. The number of carbonyl (C=O) groups excluding carboxylic acids is 1. The number of hydrogen-bond donors (Lipinski definition) is 1. The van der Waals surface area contributed by atoms with E-state index in [1.807, 2.05) is 42.5 Å². The normalized spacial score (nSPS) is 17.1. The average molecular weight is 348 g/mol. The predicted octanol–water partition coefficient (Wildman–Crippen LogP) is 3.71. The standard InChI is InChI=1S/C20H20N4O2/c25-20(23-18-10-3-7-15-6-1-2-9-17(15)18)24-13-4-8-16(14-24)26-19-21-11-5-12-22-19/h1-3,5-7,9-12,16H,4,8,13-14H2,(H,23,25). The van der Waals surface area contributed by atoms with Crippen molar-refractivity contribution in [3.8, 4) is 6.01 Å². The van der Waals surface area contributed by atoms with Crippen molar-refractivity contribution in [2.24, 2.45) is 0 Å². The van der Waals surface area contributed by atoms with Crippen LogP contribution in [0.3, 0.4) is 0 Å². The van der Waals surface area contributed by atoms with Gasteiger partial charge in [0.15, 0.2) is 0 Å². The monoisotopic (exact) mass is 348 g/mol. The van der Waals surface area contributed by atoms with E-state index in [1.54, 1.807) is 23.4 Å². The van der Waals surface area contributed by atoms with Crippen LogP contribution in [0.1, 0.15) is 12.8 Å². The van der Waals surface area contributed by atoms with Gasteiger partial charge in [-0.15, -0.1) is 0 Å². The van der Waals surface area contributed by atoms with E-state index in [-0.39, 0.29) is 12.1 Å². The lowest BCUT2D eigenvalue weighted by Crippen LogP contribution is -2.46. The number of carbonyl (C=O) groups is 1. The number of rotatable bonds is 3. The Labute approximate surface area is 151 Å². The maximum Gasteiger partial charge on any atom is 0.321 e. The number of nitrogens with zero attached hydrogens (tertiary/aromatic N) is 3. The maximum absolute atomic E-state index is 12.7. The average Bonchev–Trinajstić information content (AvgIpc) is 2.69. The second-order valence-electron chi connectivity index (χ2n) is 6.32. The van der Waals surface area contributed by atoms with E-state index < -0.39 is 0 Å². The molecular weight excluding hydrogens is 328 g/mol. The second-order valence-corrected chi connectivity index (χ2v) is 6.32. The fourth-order valence-corrected chi connectivity index (χ4v) is 3.24. The molecule has 1 atom stereocenters. The van der Waals surface area contributed by atoms with Crippen molar-refractivity contribution in [2.75, 3.05) is 18.4 Å². The van der Waals surface area contributed by atoms with Gasteiger partial charge in [0.1, 0.15) is 6.10 Å². The second kappa shape index (κ2) is 7.39. The smallest absolute Gasteiger partial charge is 0.321 e. The molecular formula is C20H20N4O2. The molecule has 26 heavy (non-hydrogen) atoms. The van der Waals surface area contributed by atoms with Gasteiger partial charge >= 0.3 is 12.0 Å². The van der Waals surface area contributed by atoms with E-state index in [0.717, 1.165) is 29.3 Å². The van der Waals surface area contributed by atoms with Gasteiger partial charge in [0.2, 0.25) is 0 Å². The molecule has 1 aliphatic rings. The largest absolute Gasteiger partial charge is 0.458 e. The summed E-state index contributed by atoms with van der Waals surface area (Å²) in [6.07, 6.45) is 4.98. The van der Waals surface area contributed by atoms with Crippen LogP contribution in [0, 0.1) is 0 Å². The minimum Gasteiger partial charge on any atom is -0.458 e. The van der Waals surface area contributed by atoms with Crippen LogP contribution >= 0.6 is 0 Å². The Morgan fingerprint density at radius 2 is 1.88 bits per heavy atom. The molecule has 1 unspecified atom stereocenters. The fourth-order valence-electron chi connectivity index (χ4n) is 3.24. The molecule has 0 aliphatic carbocycles. The number of nitrogens with one attached hydrogen (secondary N) is 1. The summed E-state index contributed by atoms with van der Waals surface area (Å²) >= 11 is 0. The fraction of sp³-hybridized carbons (Fsp3) is 0.250. The first-order valence-electron chi connectivity index (χ1n) is 8.77. The quantitative estimate of drug-likeness (QED) is 0.783. The van der Waals surface area contributed by atoms with Crippen LogP contribution in [0.4, 0.5) is 10.5 Å². The molecule has 1 fully saturated rings. The van der Waals surface area contributed by atoms with Gasteiger partial charge in [-0.3, -0.25) is 0 Å². The van der Waals surface area contributed by atoms with Crippen molar-refractivity contribution >= 4 is 22.5 Å². The summed E-state index contributed by atoms with van der Waals surface area (Å²) in [7, 11) is 0. The number of fused-ring (bicyclic) bond motifs is 1. The maximum atomic E-state index is 12.7. The molecule has 4 rings (SSSR count). The van der Waals surface area contributed by atoms with Gasteiger partial charge in [-0.2, -0.15) is 0 Å². The third kappa shape index (κ3) is 3.59. The zero-order valence-electron chi connectivity index (χ0n) is 14.3. The predicted molar refractivity (Wildman–Crippen MR) is 100 cm³/mol. The van der Waals surface area contributed by atoms with Crippen LogP contribution in [0.25, 0.3) is 10.8 Å². The zero-order chi connectivity index (χ0) is 17.8. The van der Waals surface area contributed by atoms with Gasteiger partial charge in [0.05, 0.1) is 12.2 Å². The van der Waals surface area contributed by atoms with Gasteiger partial charge in [-0.25, -0.2) is 14.8 Å². The summed E-state index contributed by atoms with van der Waals surface area (Å²) in [5, 5.41) is 5.18. The van der Waals surface area contributed by atoms with Crippen molar-refractivity contribution < 1.29 is 9.53 Å². The Morgan fingerprint density at radius 3 is 2.77 bits per heavy atom. The summed E-state index contributed by atoms with van der Waals surface area (Å²) in [4.78, 5) is 22.7. The number of amides is 2. The molecule has 2 aromatic carbocycles. The molecule has 2 amide bonds. The summed E-state index contributed by atoms with van der Waals surface area (Å²) in [6.45, 7) is 1.24. The molecule has 6 heteroatoms. The number of urea groups is 1. The molecule has 1 aromatic heterocycles. The molecule has 1 saturated heterocycles. The molecule has 6 nitrogen and oxygen atoms in total. The van der Waals surface area contributed by atoms with E-state index in [0.29, 0.717) is 19.1 Å². The molecule has 2 heterocycles. The zero-order valence-corrected chi connectivity index (χ0v) is 14.3. The molecule has 132 valence electrons. The van der Waals surface area contributed by atoms with Crippen molar-refractivity contribution in [2.45, 2.75) is 18.9 Å². The van der Waals surface area contributed by atoms with Gasteiger partial charge in [-0.05, 0) is 30.4 Å². The number of anilines is 1. The molecule has 0 saturated carbocycles. The lowest BCUT2D eigenvalue weighted by molar-refractivity contribution is 0.0983. The summed E-state index contributed by atoms with van der Waals surface area (Å²) in [6, 6.07) is 15.9.